The van der Waals surface area contributed by atoms with Crippen molar-refractivity contribution in [1.82, 2.24) is 14.7 Å². The van der Waals surface area contributed by atoms with Crippen molar-refractivity contribution in [2.45, 2.75) is 19.3 Å². The van der Waals surface area contributed by atoms with E-state index in [2.05, 4.69) is 5.10 Å². The van der Waals surface area contributed by atoms with E-state index < -0.39 is 4.92 Å². The lowest BCUT2D eigenvalue weighted by atomic mass is 10.1. The summed E-state index contributed by atoms with van der Waals surface area (Å²) in [6, 6.07) is 1.23. The molecule has 1 aromatic rings. The van der Waals surface area contributed by atoms with Gasteiger partial charge in [0.05, 0.1) is 18.2 Å². The molecule has 0 atom stereocenters. The summed E-state index contributed by atoms with van der Waals surface area (Å²) in [5.74, 6) is -0.458. The van der Waals surface area contributed by atoms with E-state index in [1.807, 2.05) is 0 Å². The van der Waals surface area contributed by atoms with Crippen LogP contribution in [0.3, 0.4) is 0 Å². The second kappa shape index (κ2) is 4.52. The molecule has 0 aliphatic carbocycles. The molecule has 1 amide bonds. The van der Waals surface area contributed by atoms with Crippen LogP contribution in [0.1, 0.15) is 29.8 Å². The molecule has 1 aliphatic heterocycles. The maximum Gasteiger partial charge on any atom is 0.390 e. The van der Waals surface area contributed by atoms with Crippen LogP contribution in [-0.4, -0.2) is 38.6 Å². The fourth-order valence-electron chi connectivity index (χ4n) is 2.00. The topological polar surface area (TPSA) is 81.3 Å². The van der Waals surface area contributed by atoms with Gasteiger partial charge in [0.2, 0.25) is 0 Å². The van der Waals surface area contributed by atoms with E-state index in [-0.39, 0.29) is 17.4 Å². The van der Waals surface area contributed by atoms with E-state index in [9.17, 15) is 14.9 Å². The van der Waals surface area contributed by atoms with Crippen LogP contribution in [0.25, 0.3) is 0 Å². The number of aromatic nitrogens is 2. The van der Waals surface area contributed by atoms with Crippen LogP contribution in [0.5, 0.6) is 0 Å². The third kappa shape index (κ3) is 2.27. The van der Waals surface area contributed by atoms with Gasteiger partial charge in [-0.1, -0.05) is 0 Å². The van der Waals surface area contributed by atoms with Crippen LogP contribution in [-0.2, 0) is 7.05 Å². The molecule has 1 aliphatic rings. The zero-order chi connectivity index (χ0) is 12.4. The molecule has 1 aromatic heterocycles. The van der Waals surface area contributed by atoms with E-state index in [0.717, 1.165) is 32.4 Å². The minimum atomic E-state index is -0.590. The number of rotatable bonds is 2. The third-order valence-electron chi connectivity index (χ3n) is 2.92. The number of hydrogen-bond donors (Lipinski definition) is 0. The molecule has 7 heteroatoms. The molecule has 2 rings (SSSR count). The SMILES string of the molecule is Cn1nc([N+](=O)[O-])cc1C(=O)N1CCCCC1. The largest absolute Gasteiger partial charge is 0.390 e. The van der Waals surface area contributed by atoms with Crippen molar-refractivity contribution in [3.8, 4) is 0 Å². The minimum absolute atomic E-state index is 0.173. The van der Waals surface area contributed by atoms with Crippen molar-refractivity contribution in [3.63, 3.8) is 0 Å². The highest BCUT2D eigenvalue weighted by Gasteiger charge is 2.25. The molecular formula is C10H14N4O3. The normalized spacial score (nSPS) is 15.9. The Morgan fingerprint density at radius 2 is 2.06 bits per heavy atom. The van der Waals surface area contributed by atoms with E-state index in [0.29, 0.717) is 0 Å². The van der Waals surface area contributed by atoms with E-state index >= 15 is 0 Å². The Morgan fingerprint density at radius 1 is 1.41 bits per heavy atom. The predicted molar refractivity (Wildman–Crippen MR) is 59.6 cm³/mol. The van der Waals surface area contributed by atoms with Crippen molar-refractivity contribution < 1.29 is 9.72 Å². The van der Waals surface area contributed by atoms with E-state index in [1.165, 1.54) is 10.7 Å². The molecule has 0 aromatic carbocycles. The zero-order valence-corrected chi connectivity index (χ0v) is 9.63. The number of amides is 1. The lowest BCUT2D eigenvalue weighted by Crippen LogP contribution is -2.36. The Morgan fingerprint density at radius 3 is 2.59 bits per heavy atom. The van der Waals surface area contributed by atoms with E-state index in [1.54, 1.807) is 11.9 Å². The van der Waals surface area contributed by atoms with Crippen molar-refractivity contribution in [1.29, 1.82) is 0 Å². The van der Waals surface area contributed by atoms with Crippen molar-refractivity contribution in [2.24, 2.45) is 7.05 Å². The first-order valence-corrected chi connectivity index (χ1v) is 5.57. The molecule has 0 unspecified atom stereocenters. The number of likely N-dealkylation sites (tertiary alicyclic amines) is 1. The molecule has 92 valence electrons. The molecular weight excluding hydrogens is 224 g/mol. The number of hydrogen-bond acceptors (Lipinski definition) is 4. The van der Waals surface area contributed by atoms with Gasteiger partial charge in [-0.2, -0.15) is 4.68 Å². The molecule has 0 N–H and O–H groups in total. The predicted octanol–water partition coefficient (Wildman–Crippen LogP) is 0.954. The summed E-state index contributed by atoms with van der Waals surface area (Å²) in [5.41, 5.74) is 0.276. The van der Waals surface area contributed by atoms with Gasteiger partial charge in [0, 0.05) is 13.1 Å². The fraction of sp³-hybridized carbons (Fsp3) is 0.600. The summed E-state index contributed by atoms with van der Waals surface area (Å²) < 4.78 is 1.27. The van der Waals surface area contributed by atoms with Gasteiger partial charge in [-0.25, -0.2) is 0 Å². The quantitative estimate of drug-likeness (QED) is 0.567. The molecule has 0 spiro atoms. The average molecular weight is 238 g/mol. The number of carbonyl (C=O) groups is 1. The Kier molecular flexibility index (Phi) is 3.08. The number of nitrogens with zero attached hydrogens (tertiary/aromatic N) is 4. The Labute approximate surface area is 98.2 Å². The smallest absolute Gasteiger partial charge is 0.358 e. The number of nitro groups is 1. The Bertz CT molecular complexity index is 448. The summed E-state index contributed by atoms with van der Waals surface area (Å²) in [4.78, 5) is 23.8. The highest BCUT2D eigenvalue weighted by molar-refractivity contribution is 5.93. The number of aryl methyl sites for hydroxylation is 1. The first-order chi connectivity index (χ1) is 8.09. The summed E-state index contributed by atoms with van der Waals surface area (Å²) in [6.45, 7) is 1.44. The first kappa shape index (κ1) is 11.6. The molecule has 1 saturated heterocycles. The van der Waals surface area contributed by atoms with Crippen molar-refractivity contribution in [3.05, 3.63) is 21.9 Å². The molecule has 0 radical (unpaired) electrons. The number of piperidine rings is 1. The number of carbonyl (C=O) groups excluding carboxylic acids is 1. The van der Waals surface area contributed by atoms with Crippen LogP contribution in [0.4, 0.5) is 5.82 Å². The first-order valence-electron chi connectivity index (χ1n) is 5.57. The second-order valence-electron chi connectivity index (χ2n) is 4.12. The van der Waals surface area contributed by atoms with E-state index in [4.69, 9.17) is 0 Å². The van der Waals surface area contributed by atoms with Gasteiger partial charge < -0.3 is 15.0 Å². The van der Waals surface area contributed by atoms with Gasteiger partial charge in [-0.05, 0) is 24.2 Å². The van der Waals surface area contributed by atoms with Gasteiger partial charge in [-0.3, -0.25) is 4.79 Å². The van der Waals surface area contributed by atoms with Crippen LogP contribution >= 0.6 is 0 Å². The maximum atomic E-state index is 12.1. The zero-order valence-electron chi connectivity index (χ0n) is 9.63. The molecule has 2 heterocycles. The molecule has 7 nitrogen and oxygen atoms in total. The lowest BCUT2D eigenvalue weighted by molar-refractivity contribution is -0.389. The van der Waals surface area contributed by atoms with Gasteiger partial charge >= 0.3 is 5.82 Å². The highest BCUT2D eigenvalue weighted by Crippen LogP contribution is 2.16. The van der Waals surface area contributed by atoms with Crippen LogP contribution in [0.15, 0.2) is 6.07 Å². The summed E-state index contributed by atoms with van der Waals surface area (Å²) in [7, 11) is 1.55. The average Bonchev–Trinajstić information content (AvgIpc) is 2.72. The minimum Gasteiger partial charge on any atom is -0.358 e. The molecule has 17 heavy (non-hydrogen) atoms. The Balaban J connectivity index is 2.20. The fourth-order valence-corrected chi connectivity index (χ4v) is 2.00. The van der Waals surface area contributed by atoms with Gasteiger partial charge in [0.15, 0.2) is 5.69 Å². The standard InChI is InChI=1S/C10H14N4O3/c1-12-8(7-9(11-12)14(16)17)10(15)13-5-3-2-4-6-13/h7H,2-6H2,1H3. The lowest BCUT2D eigenvalue weighted by Gasteiger charge is -2.26. The molecule has 0 bridgehead atoms. The third-order valence-corrected chi connectivity index (χ3v) is 2.92. The summed E-state index contributed by atoms with van der Waals surface area (Å²) in [6.07, 6.45) is 3.12. The van der Waals surface area contributed by atoms with Crippen LogP contribution < -0.4 is 0 Å². The van der Waals surface area contributed by atoms with Crippen molar-refractivity contribution in [2.75, 3.05) is 13.1 Å². The van der Waals surface area contributed by atoms with Gasteiger partial charge in [-0.15, -0.1) is 0 Å². The molecule has 1 fully saturated rings. The van der Waals surface area contributed by atoms with Gasteiger partial charge in [0.1, 0.15) is 0 Å². The summed E-state index contributed by atoms with van der Waals surface area (Å²) in [5, 5.41) is 14.3. The molecule has 0 saturated carbocycles. The summed E-state index contributed by atoms with van der Waals surface area (Å²) >= 11 is 0. The van der Waals surface area contributed by atoms with Gasteiger partial charge in [0.25, 0.3) is 5.91 Å². The highest BCUT2D eigenvalue weighted by atomic mass is 16.6. The van der Waals surface area contributed by atoms with Crippen LogP contribution in [0.2, 0.25) is 0 Å². The maximum absolute atomic E-state index is 12.1. The Hall–Kier alpha value is -1.92. The second-order valence-corrected chi connectivity index (χ2v) is 4.12. The van der Waals surface area contributed by atoms with Crippen molar-refractivity contribution >= 4 is 11.7 Å². The monoisotopic (exact) mass is 238 g/mol. The van der Waals surface area contributed by atoms with Crippen LogP contribution in [0, 0.1) is 10.1 Å².